The minimum Gasteiger partial charge on any atom is -0.369 e. The van der Waals surface area contributed by atoms with E-state index in [1.54, 1.807) is 0 Å². The monoisotopic (exact) mass is 266 g/mol. The Balaban J connectivity index is 2.69. The molecule has 1 aromatic heterocycles. The number of hydrogen-bond donors (Lipinski definition) is 4. The largest absolute Gasteiger partial charge is 0.369 e. The van der Waals surface area contributed by atoms with Crippen LogP contribution in [0, 0.1) is 6.92 Å². The molecule has 0 aliphatic carbocycles. The smallest absolute Gasteiger partial charge is 0.221 e. The Morgan fingerprint density at radius 3 is 2.53 bits per heavy atom. The topological polar surface area (TPSA) is 105 Å². The van der Waals surface area contributed by atoms with Gasteiger partial charge in [-0.2, -0.15) is 0 Å². The number of aryl methyl sites for hydroxylation is 1. The van der Waals surface area contributed by atoms with Gasteiger partial charge in [-0.1, -0.05) is 6.92 Å². The van der Waals surface area contributed by atoms with Gasteiger partial charge in [0.1, 0.15) is 17.5 Å². The highest BCUT2D eigenvalue weighted by Crippen LogP contribution is 2.19. The number of hydrogen-bond acceptors (Lipinski definition) is 6. The molecule has 0 aliphatic heterocycles. The third-order valence-corrected chi connectivity index (χ3v) is 2.66. The molecule has 0 saturated heterocycles. The quantitative estimate of drug-likeness (QED) is 0.425. The van der Waals surface area contributed by atoms with Crippen LogP contribution in [0.2, 0.25) is 0 Å². The molecule has 5 N–H and O–H groups in total. The number of carbonyl (C=O) groups is 1. The van der Waals surface area contributed by atoms with Gasteiger partial charge in [0.15, 0.2) is 0 Å². The SMILES string of the molecule is CCNC(=O)CCNc1nc(CC)nc(NN)c1C. The number of aromatic nitrogens is 2. The van der Waals surface area contributed by atoms with Crippen molar-refractivity contribution in [2.45, 2.75) is 33.6 Å². The zero-order valence-corrected chi connectivity index (χ0v) is 11.7. The van der Waals surface area contributed by atoms with Crippen molar-refractivity contribution in [2.75, 3.05) is 23.8 Å². The van der Waals surface area contributed by atoms with Crippen molar-refractivity contribution in [3.63, 3.8) is 0 Å². The Morgan fingerprint density at radius 2 is 1.95 bits per heavy atom. The number of hydrazine groups is 1. The Hall–Kier alpha value is -1.89. The van der Waals surface area contributed by atoms with Crippen LogP contribution >= 0.6 is 0 Å². The second-order valence-electron chi connectivity index (χ2n) is 4.09. The van der Waals surface area contributed by atoms with Crippen LogP contribution in [0.4, 0.5) is 11.6 Å². The molecule has 0 spiro atoms. The van der Waals surface area contributed by atoms with Gasteiger partial charge in [0.25, 0.3) is 0 Å². The van der Waals surface area contributed by atoms with E-state index in [1.165, 1.54) is 0 Å². The Kier molecular flexibility index (Phi) is 6.01. The molecule has 7 nitrogen and oxygen atoms in total. The van der Waals surface area contributed by atoms with E-state index in [-0.39, 0.29) is 5.91 Å². The zero-order chi connectivity index (χ0) is 14.3. The molecule has 106 valence electrons. The molecule has 0 aliphatic rings. The molecule has 0 atom stereocenters. The van der Waals surface area contributed by atoms with Crippen LogP contribution in [0.5, 0.6) is 0 Å². The fourth-order valence-corrected chi connectivity index (χ4v) is 1.61. The van der Waals surface area contributed by atoms with E-state index in [2.05, 4.69) is 26.0 Å². The number of nitrogen functional groups attached to an aromatic ring is 1. The second kappa shape index (κ2) is 7.52. The van der Waals surface area contributed by atoms with Gasteiger partial charge in [-0.3, -0.25) is 4.79 Å². The van der Waals surface area contributed by atoms with E-state index >= 15 is 0 Å². The molecule has 0 aromatic carbocycles. The van der Waals surface area contributed by atoms with E-state index in [9.17, 15) is 4.79 Å². The van der Waals surface area contributed by atoms with Crippen LogP contribution in [0.25, 0.3) is 0 Å². The summed E-state index contributed by atoms with van der Waals surface area (Å²) in [5.41, 5.74) is 3.40. The summed E-state index contributed by atoms with van der Waals surface area (Å²) in [4.78, 5) is 20.0. The lowest BCUT2D eigenvalue weighted by atomic mass is 10.3. The summed E-state index contributed by atoms with van der Waals surface area (Å²) in [5, 5.41) is 5.89. The first-order valence-electron chi connectivity index (χ1n) is 6.47. The summed E-state index contributed by atoms with van der Waals surface area (Å²) in [6, 6.07) is 0. The lowest BCUT2D eigenvalue weighted by molar-refractivity contribution is -0.120. The molecule has 7 heteroatoms. The number of rotatable bonds is 7. The van der Waals surface area contributed by atoms with Crippen molar-refractivity contribution in [3.8, 4) is 0 Å². The molecule has 1 aromatic rings. The van der Waals surface area contributed by atoms with Gasteiger partial charge in [-0.05, 0) is 13.8 Å². The van der Waals surface area contributed by atoms with Crippen molar-refractivity contribution in [1.29, 1.82) is 0 Å². The van der Waals surface area contributed by atoms with E-state index in [0.29, 0.717) is 37.0 Å². The zero-order valence-electron chi connectivity index (χ0n) is 11.7. The summed E-state index contributed by atoms with van der Waals surface area (Å²) < 4.78 is 0. The standard InChI is InChI=1S/C12H22N6O/c1-4-9-16-11(8(3)12(17-9)18-13)15-7-6-10(19)14-5-2/h4-7,13H2,1-3H3,(H,14,19)(H2,15,16,17,18). The normalized spacial score (nSPS) is 10.1. The molecule has 0 fully saturated rings. The molecular formula is C12H22N6O. The first-order chi connectivity index (χ1) is 9.12. The molecule has 1 amide bonds. The molecule has 0 saturated carbocycles. The van der Waals surface area contributed by atoms with E-state index in [1.807, 2.05) is 20.8 Å². The van der Waals surface area contributed by atoms with Gasteiger partial charge in [-0.25, -0.2) is 15.8 Å². The van der Waals surface area contributed by atoms with Crippen LogP contribution < -0.4 is 21.9 Å². The highest BCUT2D eigenvalue weighted by Gasteiger charge is 2.09. The lowest BCUT2D eigenvalue weighted by Crippen LogP contribution is -2.25. The van der Waals surface area contributed by atoms with Crippen molar-refractivity contribution < 1.29 is 4.79 Å². The second-order valence-corrected chi connectivity index (χ2v) is 4.09. The highest BCUT2D eigenvalue weighted by molar-refractivity contribution is 5.76. The maximum atomic E-state index is 11.3. The maximum absolute atomic E-state index is 11.3. The third kappa shape index (κ3) is 4.36. The Morgan fingerprint density at radius 1 is 1.26 bits per heavy atom. The van der Waals surface area contributed by atoms with Crippen LogP contribution in [0.1, 0.15) is 31.7 Å². The van der Waals surface area contributed by atoms with Gasteiger partial charge in [0.05, 0.1) is 0 Å². The minimum atomic E-state index is 0.0228. The Bertz CT molecular complexity index is 434. The molecule has 19 heavy (non-hydrogen) atoms. The number of anilines is 2. The van der Waals surface area contributed by atoms with Crippen LogP contribution in [-0.2, 0) is 11.2 Å². The van der Waals surface area contributed by atoms with Crippen molar-refractivity contribution in [3.05, 3.63) is 11.4 Å². The number of carbonyl (C=O) groups excluding carboxylic acids is 1. The maximum Gasteiger partial charge on any atom is 0.221 e. The fourth-order valence-electron chi connectivity index (χ4n) is 1.61. The number of nitrogens with zero attached hydrogens (tertiary/aromatic N) is 2. The first kappa shape index (κ1) is 15.2. The van der Waals surface area contributed by atoms with Crippen molar-refractivity contribution >= 4 is 17.5 Å². The minimum absolute atomic E-state index is 0.0228. The predicted molar refractivity (Wildman–Crippen MR) is 75.7 cm³/mol. The Labute approximate surface area is 113 Å². The molecule has 0 radical (unpaired) electrons. The number of nitrogens with two attached hydrogens (primary N) is 1. The molecule has 0 bridgehead atoms. The first-order valence-corrected chi connectivity index (χ1v) is 6.47. The van der Waals surface area contributed by atoms with Gasteiger partial charge < -0.3 is 16.1 Å². The average molecular weight is 266 g/mol. The molecule has 1 rings (SSSR count). The summed E-state index contributed by atoms with van der Waals surface area (Å²) >= 11 is 0. The van der Waals surface area contributed by atoms with Gasteiger partial charge >= 0.3 is 0 Å². The van der Waals surface area contributed by atoms with Gasteiger partial charge in [-0.15, -0.1) is 0 Å². The number of amides is 1. The lowest BCUT2D eigenvalue weighted by Gasteiger charge is -2.13. The van der Waals surface area contributed by atoms with E-state index in [4.69, 9.17) is 5.84 Å². The van der Waals surface area contributed by atoms with Crippen LogP contribution in [-0.4, -0.2) is 29.0 Å². The molecular weight excluding hydrogens is 244 g/mol. The fraction of sp³-hybridized carbons (Fsp3) is 0.583. The van der Waals surface area contributed by atoms with E-state index in [0.717, 1.165) is 12.0 Å². The summed E-state index contributed by atoms with van der Waals surface area (Å²) in [7, 11) is 0. The average Bonchev–Trinajstić information content (AvgIpc) is 2.41. The predicted octanol–water partition coefficient (Wildman–Crippen LogP) is 0.571. The van der Waals surface area contributed by atoms with Gasteiger partial charge in [0.2, 0.25) is 5.91 Å². The molecule has 0 unspecified atom stereocenters. The summed E-state index contributed by atoms with van der Waals surface area (Å²) in [5.74, 6) is 7.47. The van der Waals surface area contributed by atoms with Crippen molar-refractivity contribution in [2.24, 2.45) is 5.84 Å². The van der Waals surface area contributed by atoms with E-state index < -0.39 is 0 Å². The molecule has 1 heterocycles. The van der Waals surface area contributed by atoms with Crippen molar-refractivity contribution in [1.82, 2.24) is 15.3 Å². The highest BCUT2D eigenvalue weighted by atomic mass is 16.1. The third-order valence-electron chi connectivity index (χ3n) is 2.66. The van der Waals surface area contributed by atoms with Crippen LogP contribution in [0.3, 0.4) is 0 Å². The summed E-state index contributed by atoms with van der Waals surface area (Å²) in [6.45, 7) is 6.92. The number of nitrogens with one attached hydrogen (secondary N) is 3. The summed E-state index contributed by atoms with van der Waals surface area (Å²) in [6.07, 6.45) is 1.13. The van der Waals surface area contributed by atoms with Crippen LogP contribution in [0.15, 0.2) is 0 Å². The van der Waals surface area contributed by atoms with Gasteiger partial charge in [0, 0.05) is 31.5 Å².